The molecule has 0 saturated heterocycles. The van der Waals surface area contributed by atoms with E-state index >= 15 is 0 Å². The molecule has 2 rings (SSSR count). The van der Waals surface area contributed by atoms with E-state index in [0.717, 1.165) is 17.1 Å². The van der Waals surface area contributed by atoms with E-state index in [0.29, 0.717) is 11.5 Å². The third-order valence-corrected chi connectivity index (χ3v) is 4.51. The number of unbranched alkanes of at least 4 members (excludes halogenated alkanes) is 2. The maximum Gasteiger partial charge on any atom is 0.119 e. The van der Waals surface area contributed by atoms with Crippen LogP contribution in [0.25, 0.3) is 0 Å². The highest BCUT2D eigenvalue weighted by Gasteiger charge is 2.07. The Hall–Kier alpha value is -1.81. The first-order valence-corrected chi connectivity index (χ1v) is 8.29. The van der Waals surface area contributed by atoms with E-state index in [1.54, 1.807) is 24.3 Å². The lowest BCUT2D eigenvalue weighted by Crippen LogP contribution is -1.97. The maximum absolute atomic E-state index is 12.4. The Balaban J connectivity index is 1.98. The van der Waals surface area contributed by atoms with Gasteiger partial charge >= 0.3 is 0 Å². The molecule has 0 bridgehead atoms. The minimum absolute atomic E-state index is 0.173. The Labute approximate surface area is 128 Å². The maximum atomic E-state index is 12.4. The minimum atomic E-state index is -1.24. The summed E-state index contributed by atoms with van der Waals surface area (Å²) in [6.07, 6.45) is 3.40. The minimum Gasteiger partial charge on any atom is -0.508 e. The van der Waals surface area contributed by atoms with Gasteiger partial charge in [-0.1, -0.05) is 19.8 Å². The van der Waals surface area contributed by atoms with Crippen molar-refractivity contribution < 1.29 is 14.1 Å². The lowest BCUT2D eigenvalue weighted by Gasteiger charge is -2.07. The molecule has 0 radical (unpaired) electrons. The number of rotatable bonds is 7. The fourth-order valence-electron chi connectivity index (χ4n) is 1.91. The summed E-state index contributed by atoms with van der Waals surface area (Å²) in [5.41, 5.74) is 0. The molecule has 0 aliphatic heterocycles. The molecular formula is C17H20O3S. The van der Waals surface area contributed by atoms with Crippen LogP contribution in [0.1, 0.15) is 26.2 Å². The van der Waals surface area contributed by atoms with Crippen molar-refractivity contribution in [3.63, 3.8) is 0 Å². The van der Waals surface area contributed by atoms with E-state index in [1.807, 2.05) is 24.3 Å². The zero-order valence-corrected chi connectivity index (χ0v) is 12.9. The fraction of sp³-hybridized carbons (Fsp3) is 0.294. The van der Waals surface area contributed by atoms with Crippen LogP contribution < -0.4 is 4.74 Å². The van der Waals surface area contributed by atoms with Crippen molar-refractivity contribution in [3.8, 4) is 11.5 Å². The molecule has 1 unspecified atom stereocenters. The topological polar surface area (TPSA) is 46.5 Å². The normalized spacial score (nSPS) is 12.0. The molecule has 2 aromatic rings. The highest BCUT2D eigenvalue weighted by Crippen LogP contribution is 2.21. The van der Waals surface area contributed by atoms with Crippen LogP contribution in [0, 0.1) is 0 Å². The predicted molar refractivity (Wildman–Crippen MR) is 84.2 cm³/mol. The molecular weight excluding hydrogens is 284 g/mol. The first-order chi connectivity index (χ1) is 10.2. The van der Waals surface area contributed by atoms with Crippen molar-refractivity contribution in [2.75, 3.05) is 6.61 Å². The molecule has 0 aliphatic rings. The van der Waals surface area contributed by atoms with Gasteiger partial charge < -0.3 is 9.84 Å². The van der Waals surface area contributed by atoms with E-state index in [-0.39, 0.29) is 5.75 Å². The van der Waals surface area contributed by atoms with Gasteiger partial charge in [-0.05, 0) is 55.0 Å². The number of phenols is 1. The van der Waals surface area contributed by atoms with Crippen molar-refractivity contribution in [2.45, 2.75) is 36.0 Å². The lowest BCUT2D eigenvalue weighted by atomic mass is 10.3. The van der Waals surface area contributed by atoms with E-state index in [9.17, 15) is 9.32 Å². The summed E-state index contributed by atoms with van der Waals surface area (Å²) in [4.78, 5) is 1.39. The van der Waals surface area contributed by atoms with Gasteiger partial charge in [-0.2, -0.15) is 0 Å². The summed E-state index contributed by atoms with van der Waals surface area (Å²) >= 11 is 0. The smallest absolute Gasteiger partial charge is 0.119 e. The lowest BCUT2D eigenvalue weighted by molar-refractivity contribution is 0.306. The molecule has 0 fully saturated rings. The second-order valence-electron chi connectivity index (χ2n) is 4.79. The number of hydrogen-bond donors (Lipinski definition) is 1. The third kappa shape index (κ3) is 4.60. The molecule has 0 spiro atoms. The molecule has 0 aromatic heterocycles. The second-order valence-corrected chi connectivity index (χ2v) is 6.27. The molecule has 0 heterocycles. The molecule has 112 valence electrons. The van der Waals surface area contributed by atoms with Crippen LogP contribution in [-0.2, 0) is 10.8 Å². The van der Waals surface area contributed by atoms with Gasteiger partial charge in [-0.3, -0.25) is 0 Å². The standard InChI is InChI=1S/C17H20O3S/c1-2-3-4-13-20-15-7-11-17(12-8-15)21(19)16-9-5-14(18)6-10-16/h5-12,18H,2-4,13H2,1H3. The van der Waals surface area contributed by atoms with Gasteiger partial charge in [0.2, 0.25) is 0 Å². The van der Waals surface area contributed by atoms with E-state index in [4.69, 9.17) is 4.74 Å². The zero-order chi connectivity index (χ0) is 15.1. The van der Waals surface area contributed by atoms with Gasteiger partial charge in [-0.25, -0.2) is 4.21 Å². The van der Waals surface area contributed by atoms with Crippen LogP contribution in [0.3, 0.4) is 0 Å². The largest absolute Gasteiger partial charge is 0.508 e. The first-order valence-electron chi connectivity index (χ1n) is 7.14. The first kappa shape index (κ1) is 15.6. The third-order valence-electron chi connectivity index (χ3n) is 3.11. The summed E-state index contributed by atoms with van der Waals surface area (Å²) in [5, 5.41) is 9.25. The summed E-state index contributed by atoms with van der Waals surface area (Å²) < 4.78 is 18.0. The van der Waals surface area contributed by atoms with Crippen molar-refractivity contribution >= 4 is 10.8 Å². The fourth-order valence-corrected chi connectivity index (χ4v) is 2.95. The van der Waals surface area contributed by atoms with Gasteiger partial charge in [0.15, 0.2) is 0 Å². The van der Waals surface area contributed by atoms with Crippen LogP contribution in [0.2, 0.25) is 0 Å². The molecule has 2 aromatic carbocycles. The summed E-state index contributed by atoms with van der Waals surface area (Å²) in [5.74, 6) is 0.976. The summed E-state index contributed by atoms with van der Waals surface area (Å²) in [7, 11) is -1.24. The molecule has 0 saturated carbocycles. The van der Waals surface area contributed by atoms with E-state index < -0.39 is 10.8 Å². The molecule has 1 N–H and O–H groups in total. The Morgan fingerprint density at radius 1 is 0.952 bits per heavy atom. The SMILES string of the molecule is CCCCCOc1ccc(S(=O)c2ccc(O)cc2)cc1. The predicted octanol–water partition coefficient (Wildman–Crippen LogP) is 4.13. The molecule has 3 nitrogen and oxygen atoms in total. The van der Waals surface area contributed by atoms with Crippen LogP contribution in [0.5, 0.6) is 11.5 Å². The number of phenolic OH excluding ortho intramolecular Hbond substituents is 1. The van der Waals surface area contributed by atoms with Gasteiger partial charge in [0.05, 0.1) is 17.4 Å². The van der Waals surface area contributed by atoms with Crippen LogP contribution in [0.4, 0.5) is 0 Å². The second kappa shape index (κ2) is 7.84. The van der Waals surface area contributed by atoms with E-state index in [2.05, 4.69) is 6.92 Å². The van der Waals surface area contributed by atoms with Gasteiger partial charge in [0.25, 0.3) is 0 Å². The number of aromatic hydroxyl groups is 1. The monoisotopic (exact) mass is 304 g/mol. The zero-order valence-electron chi connectivity index (χ0n) is 12.1. The van der Waals surface area contributed by atoms with Crippen molar-refractivity contribution in [1.82, 2.24) is 0 Å². The van der Waals surface area contributed by atoms with Gasteiger partial charge in [-0.15, -0.1) is 0 Å². The quantitative estimate of drug-likeness (QED) is 0.782. The highest BCUT2D eigenvalue weighted by molar-refractivity contribution is 7.85. The van der Waals surface area contributed by atoms with Crippen molar-refractivity contribution in [1.29, 1.82) is 0 Å². The molecule has 4 heteroatoms. The Morgan fingerprint density at radius 2 is 1.52 bits per heavy atom. The Bertz CT molecular complexity index is 576. The van der Waals surface area contributed by atoms with Crippen LogP contribution >= 0.6 is 0 Å². The molecule has 0 amide bonds. The number of ether oxygens (including phenoxy) is 1. The molecule has 0 aliphatic carbocycles. The number of benzene rings is 2. The van der Waals surface area contributed by atoms with E-state index in [1.165, 1.54) is 12.8 Å². The average molecular weight is 304 g/mol. The molecule has 1 atom stereocenters. The van der Waals surface area contributed by atoms with Crippen molar-refractivity contribution in [3.05, 3.63) is 48.5 Å². The summed E-state index contributed by atoms with van der Waals surface area (Å²) in [6, 6.07) is 13.7. The Kier molecular flexibility index (Phi) is 5.81. The highest BCUT2D eigenvalue weighted by atomic mass is 32.2. The van der Waals surface area contributed by atoms with Gasteiger partial charge in [0, 0.05) is 9.79 Å². The molecule has 21 heavy (non-hydrogen) atoms. The summed E-state index contributed by atoms with van der Waals surface area (Å²) in [6.45, 7) is 2.88. The van der Waals surface area contributed by atoms with Crippen LogP contribution in [-0.4, -0.2) is 15.9 Å². The van der Waals surface area contributed by atoms with Gasteiger partial charge in [0.1, 0.15) is 11.5 Å². The number of hydrogen-bond acceptors (Lipinski definition) is 3. The van der Waals surface area contributed by atoms with Crippen LogP contribution in [0.15, 0.2) is 58.3 Å². The Morgan fingerprint density at radius 3 is 2.10 bits per heavy atom. The average Bonchev–Trinajstić information content (AvgIpc) is 2.52. The van der Waals surface area contributed by atoms with Crippen molar-refractivity contribution in [2.24, 2.45) is 0 Å².